The van der Waals surface area contributed by atoms with Crippen LogP contribution in [-0.4, -0.2) is 13.3 Å². The van der Waals surface area contributed by atoms with Crippen molar-refractivity contribution in [3.63, 3.8) is 0 Å². The summed E-state index contributed by atoms with van der Waals surface area (Å²) >= 11 is 3.59. The van der Waals surface area contributed by atoms with E-state index in [9.17, 15) is 0 Å². The summed E-state index contributed by atoms with van der Waals surface area (Å²) in [7, 11) is -1.72. The minimum Gasteiger partial charge on any atom is -0.410 e. The van der Waals surface area contributed by atoms with Gasteiger partial charge in [0.25, 0.3) is 0 Å². The van der Waals surface area contributed by atoms with Gasteiger partial charge in [0, 0.05) is 21.9 Å². The Bertz CT molecular complexity index is 494. The van der Waals surface area contributed by atoms with Crippen molar-refractivity contribution in [3.8, 4) is 0 Å². The lowest BCUT2D eigenvalue weighted by Gasteiger charge is -2.38. The number of pyridine rings is 1. The number of rotatable bonds is 2. The molecule has 0 bridgehead atoms. The van der Waals surface area contributed by atoms with Crippen LogP contribution in [0.1, 0.15) is 50.1 Å². The largest absolute Gasteiger partial charge is 0.410 e. The zero-order valence-electron chi connectivity index (χ0n) is 12.8. The van der Waals surface area contributed by atoms with E-state index in [1.807, 2.05) is 6.20 Å². The molecular weight excluding hydrogens is 318 g/mol. The monoisotopic (exact) mass is 341 g/mol. The molecule has 0 saturated carbocycles. The number of hydrogen-bond acceptors (Lipinski definition) is 2. The summed E-state index contributed by atoms with van der Waals surface area (Å²) in [5.41, 5.74) is 3.86. The van der Waals surface area contributed by atoms with Gasteiger partial charge in [0.15, 0.2) is 8.32 Å². The molecule has 1 aromatic heterocycles. The molecule has 0 aromatic carbocycles. The average Bonchev–Trinajstić information content (AvgIpc) is 2.65. The Labute approximate surface area is 126 Å². The molecule has 0 saturated heterocycles. The van der Waals surface area contributed by atoms with E-state index in [-0.39, 0.29) is 11.1 Å². The molecule has 0 spiro atoms. The standard InChI is InChI=1S/C15H24BrNOSi/c1-10-11(16)9-17-12-7-8-13(14(10)12)18-19(5,6)15(2,3)4/h9,13H,7-8H2,1-6H3. The zero-order chi connectivity index (χ0) is 14.4. The van der Waals surface area contributed by atoms with Gasteiger partial charge >= 0.3 is 0 Å². The predicted octanol–water partition coefficient (Wildman–Crippen LogP) is 5.16. The maximum absolute atomic E-state index is 6.60. The van der Waals surface area contributed by atoms with E-state index >= 15 is 0 Å². The van der Waals surface area contributed by atoms with Crippen LogP contribution in [0.25, 0.3) is 0 Å². The van der Waals surface area contributed by atoms with Gasteiger partial charge in [0.2, 0.25) is 0 Å². The lowest BCUT2D eigenvalue weighted by atomic mass is 10.1. The van der Waals surface area contributed by atoms with Crippen LogP contribution in [0.4, 0.5) is 0 Å². The van der Waals surface area contributed by atoms with Crippen molar-refractivity contribution < 1.29 is 4.43 Å². The molecule has 0 fully saturated rings. The second-order valence-electron chi connectivity index (χ2n) is 7.00. The first-order valence-electron chi connectivity index (χ1n) is 6.95. The Hall–Kier alpha value is -0.193. The maximum atomic E-state index is 6.60. The minimum absolute atomic E-state index is 0.237. The van der Waals surface area contributed by atoms with Crippen molar-refractivity contribution in [1.82, 2.24) is 4.98 Å². The number of nitrogens with zero attached hydrogens (tertiary/aromatic N) is 1. The van der Waals surface area contributed by atoms with Crippen molar-refractivity contribution in [1.29, 1.82) is 0 Å². The molecular formula is C15H24BrNOSi. The van der Waals surface area contributed by atoms with Gasteiger partial charge in [-0.15, -0.1) is 0 Å². The van der Waals surface area contributed by atoms with Crippen LogP contribution in [0.5, 0.6) is 0 Å². The lowest BCUT2D eigenvalue weighted by molar-refractivity contribution is 0.184. The van der Waals surface area contributed by atoms with Gasteiger partial charge in [0.05, 0.1) is 6.10 Å². The first kappa shape index (κ1) is 15.2. The first-order chi connectivity index (χ1) is 8.63. The molecule has 0 aliphatic heterocycles. The molecule has 106 valence electrons. The fraction of sp³-hybridized carbons (Fsp3) is 0.667. The van der Waals surface area contributed by atoms with E-state index in [4.69, 9.17) is 4.43 Å². The van der Waals surface area contributed by atoms with E-state index in [2.05, 4.69) is 61.7 Å². The summed E-state index contributed by atoms with van der Waals surface area (Å²) in [6, 6.07) is 0. The topological polar surface area (TPSA) is 22.1 Å². The number of aryl methyl sites for hydroxylation is 1. The number of hydrogen-bond donors (Lipinski definition) is 0. The quantitative estimate of drug-likeness (QED) is 0.693. The lowest BCUT2D eigenvalue weighted by Crippen LogP contribution is -2.41. The van der Waals surface area contributed by atoms with Crippen molar-refractivity contribution >= 4 is 24.2 Å². The average molecular weight is 342 g/mol. The van der Waals surface area contributed by atoms with Crippen LogP contribution < -0.4 is 0 Å². The maximum Gasteiger partial charge on any atom is 0.192 e. The van der Waals surface area contributed by atoms with Gasteiger partial charge in [-0.25, -0.2) is 0 Å². The molecule has 2 nitrogen and oxygen atoms in total. The molecule has 19 heavy (non-hydrogen) atoms. The molecule has 2 rings (SSSR count). The normalized spacial score (nSPS) is 19.6. The Balaban J connectivity index is 2.31. The van der Waals surface area contributed by atoms with E-state index in [0.29, 0.717) is 0 Å². The molecule has 4 heteroatoms. The smallest absolute Gasteiger partial charge is 0.192 e. The van der Waals surface area contributed by atoms with Crippen LogP contribution >= 0.6 is 15.9 Å². The zero-order valence-corrected chi connectivity index (χ0v) is 15.4. The third kappa shape index (κ3) is 2.81. The van der Waals surface area contributed by atoms with Gasteiger partial charge in [0.1, 0.15) is 0 Å². The highest BCUT2D eigenvalue weighted by molar-refractivity contribution is 9.10. The Morgan fingerprint density at radius 1 is 1.37 bits per heavy atom. The molecule has 0 amide bonds. The molecule has 1 heterocycles. The minimum atomic E-state index is -1.72. The molecule has 1 unspecified atom stereocenters. The first-order valence-corrected chi connectivity index (χ1v) is 10.7. The molecule has 1 aliphatic carbocycles. The number of aromatic nitrogens is 1. The van der Waals surface area contributed by atoms with E-state index in [1.54, 1.807) is 0 Å². The van der Waals surface area contributed by atoms with E-state index in [1.165, 1.54) is 16.8 Å². The number of fused-ring (bicyclic) bond motifs is 1. The van der Waals surface area contributed by atoms with Gasteiger partial charge in [-0.2, -0.15) is 0 Å². The van der Waals surface area contributed by atoms with Gasteiger partial charge in [-0.05, 0) is 59.4 Å². The molecule has 0 radical (unpaired) electrons. The Morgan fingerprint density at radius 3 is 2.58 bits per heavy atom. The van der Waals surface area contributed by atoms with Crippen LogP contribution in [0.15, 0.2) is 10.7 Å². The third-order valence-corrected chi connectivity index (χ3v) is 9.90. The van der Waals surface area contributed by atoms with Gasteiger partial charge < -0.3 is 4.43 Å². The summed E-state index contributed by atoms with van der Waals surface area (Å²) < 4.78 is 7.70. The third-order valence-electron chi connectivity index (χ3n) is 4.62. The Kier molecular flexibility index (Phi) is 3.98. The van der Waals surface area contributed by atoms with Crippen molar-refractivity contribution in [2.75, 3.05) is 0 Å². The molecule has 1 aromatic rings. The van der Waals surface area contributed by atoms with Crippen molar-refractivity contribution in [3.05, 3.63) is 27.5 Å². The summed E-state index contributed by atoms with van der Waals surface area (Å²) in [5.74, 6) is 0. The highest BCUT2D eigenvalue weighted by Gasteiger charge is 2.41. The molecule has 1 atom stereocenters. The number of halogens is 1. The van der Waals surface area contributed by atoms with E-state index in [0.717, 1.165) is 17.3 Å². The highest BCUT2D eigenvalue weighted by atomic mass is 79.9. The van der Waals surface area contributed by atoms with Gasteiger partial charge in [-0.1, -0.05) is 20.8 Å². The molecule has 0 N–H and O–H groups in total. The second-order valence-corrected chi connectivity index (χ2v) is 12.6. The van der Waals surface area contributed by atoms with Crippen LogP contribution in [0, 0.1) is 6.92 Å². The van der Waals surface area contributed by atoms with Crippen LogP contribution in [0.2, 0.25) is 18.1 Å². The van der Waals surface area contributed by atoms with Crippen molar-refractivity contribution in [2.24, 2.45) is 0 Å². The summed E-state index contributed by atoms with van der Waals surface area (Å²) in [6.07, 6.45) is 4.28. The van der Waals surface area contributed by atoms with E-state index < -0.39 is 8.32 Å². The highest BCUT2D eigenvalue weighted by Crippen LogP contribution is 2.44. The fourth-order valence-electron chi connectivity index (χ4n) is 2.34. The summed E-state index contributed by atoms with van der Waals surface area (Å²) in [4.78, 5) is 4.55. The summed E-state index contributed by atoms with van der Waals surface area (Å²) in [6.45, 7) is 13.7. The predicted molar refractivity (Wildman–Crippen MR) is 86.0 cm³/mol. The second kappa shape index (κ2) is 4.97. The van der Waals surface area contributed by atoms with Crippen LogP contribution in [-0.2, 0) is 10.8 Å². The summed E-state index contributed by atoms with van der Waals surface area (Å²) in [5, 5.41) is 0.253. The SMILES string of the molecule is Cc1c(Br)cnc2c1C(O[Si](C)(C)C(C)(C)C)CC2. The fourth-order valence-corrected chi connectivity index (χ4v) is 3.95. The van der Waals surface area contributed by atoms with Crippen molar-refractivity contribution in [2.45, 2.75) is 64.8 Å². The molecule has 1 aliphatic rings. The Morgan fingerprint density at radius 2 is 2.00 bits per heavy atom. The van der Waals surface area contributed by atoms with Gasteiger partial charge in [-0.3, -0.25) is 4.98 Å². The van der Waals surface area contributed by atoms with Crippen LogP contribution in [0.3, 0.4) is 0 Å².